The van der Waals surface area contributed by atoms with Crippen LogP contribution in [0.4, 0.5) is 0 Å². The van der Waals surface area contributed by atoms with Crippen LogP contribution in [0.2, 0.25) is 0 Å². The van der Waals surface area contributed by atoms with E-state index in [1.165, 1.54) is 0 Å². The number of allylic oxidation sites excluding steroid dienone is 1. The summed E-state index contributed by atoms with van der Waals surface area (Å²) in [6.07, 6.45) is 0. The first-order chi connectivity index (χ1) is 3.18. The van der Waals surface area contributed by atoms with Gasteiger partial charge in [0.2, 0.25) is 0 Å². The minimum Gasteiger partial charge on any atom is -0.384 e. The van der Waals surface area contributed by atoms with Crippen LogP contribution in [0.15, 0.2) is 11.5 Å². The highest BCUT2D eigenvalue weighted by Gasteiger charge is 1.83. The molecule has 7 heavy (non-hydrogen) atoms. The maximum absolute atomic E-state index is 5.06. The van der Waals surface area contributed by atoms with Gasteiger partial charge in [0.15, 0.2) is 0 Å². The van der Waals surface area contributed by atoms with Gasteiger partial charge in [0, 0.05) is 0 Å². The largest absolute Gasteiger partial charge is 0.384 e. The second-order valence-corrected chi connectivity index (χ2v) is 1.22. The molecule has 0 saturated heterocycles. The topological polar surface area (TPSA) is 90.1 Å². The van der Waals surface area contributed by atoms with Gasteiger partial charge < -0.3 is 16.9 Å². The summed E-state index contributed by atoms with van der Waals surface area (Å²) in [6, 6.07) is 0. The molecule has 42 valence electrons. The van der Waals surface area contributed by atoms with E-state index in [0.29, 0.717) is 5.70 Å². The van der Waals surface area contributed by atoms with Crippen LogP contribution in [0, 0.1) is 0 Å². The highest BCUT2D eigenvalue weighted by Crippen LogP contribution is 1.78. The average Bonchev–Trinajstić information content (AvgIpc) is 1.65. The molecule has 0 bridgehead atoms. The third-order valence-electron chi connectivity index (χ3n) is 0.650. The zero-order valence-electron chi connectivity index (χ0n) is 4.23. The first-order valence-electron chi connectivity index (χ1n) is 1.87. The normalized spacial score (nSPS) is 7.71. The fourth-order valence-electron chi connectivity index (χ4n) is 0.0833. The van der Waals surface area contributed by atoms with Crippen LogP contribution in [0.5, 0.6) is 0 Å². The Morgan fingerprint density at radius 2 is 1.86 bits per heavy atom. The highest BCUT2D eigenvalue weighted by atomic mass is 15.2. The summed E-state index contributed by atoms with van der Waals surface area (Å²) in [7, 11) is 0. The molecule has 0 heterocycles. The lowest BCUT2D eigenvalue weighted by Crippen LogP contribution is -2.25. The molecule has 0 aliphatic heterocycles. The van der Waals surface area contributed by atoms with Gasteiger partial charge in [0.1, 0.15) is 5.82 Å². The summed E-state index contributed by atoms with van der Waals surface area (Å²) >= 11 is 0. The number of nitrogens with one attached hydrogen (secondary N) is 1. The number of hydrogen-bond acceptors (Lipinski definition) is 4. The zero-order valence-corrected chi connectivity index (χ0v) is 4.23. The van der Waals surface area contributed by atoms with Crippen molar-refractivity contribution in [3.63, 3.8) is 0 Å². The Morgan fingerprint density at radius 1 is 1.43 bits per heavy atom. The lowest BCUT2D eigenvalue weighted by molar-refractivity contribution is 0.856. The van der Waals surface area contributed by atoms with Crippen LogP contribution in [0.1, 0.15) is 6.92 Å². The fraction of sp³-hybridized carbons (Fsp3) is 0.333. The Balaban J connectivity index is 3.72. The molecule has 0 unspecified atom stereocenters. The van der Waals surface area contributed by atoms with E-state index in [1.54, 1.807) is 6.92 Å². The van der Waals surface area contributed by atoms with Gasteiger partial charge in [-0.05, 0) is 6.92 Å². The van der Waals surface area contributed by atoms with Crippen molar-refractivity contribution < 1.29 is 0 Å². The van der Waals surface area contributed by atoms with Gasteiger partial charge in [-0.15, -0.1) is 0 Å². The molecule has 0 saturated carbocycles. The molecule has 0 radical (unpaired) electrons. The molecule has 0 aromatic carbocycles. The smallest absolute Gasteiger partial charge is 0.114 e. The molecule has 0 aromatic rings. The minimum atomic E-state index is 0.225. The van der Waals surface area contributed by atoms with Crippen molar-refractivity contribution in [1.29, 1.82) is 0 Å². The molecule has 0 aliphatic rings. The SMILES string of the molecule is CC(NN)=C(N)N. The molecule has 4 heteroatoms. The Morgan fingerprint density at radius 3 is 1.86 bits per heavy atom. The van der Waals surface area contributed by atoms with Gasteiger partial charge in [0.25, 0.3) is 0 Å². The molecule has 0 rings (SSSR count). The van der Waals surface area contributed by atoms with E-state index in [1.807, 2.05) is 0 Å². The molecule has 0 fully saturated rings. The molecule has 4 nitrogen and oxygen atoms in total. The summed E-state index contributed by atoms with van der Waals surface area (Å²) in [5.74, 6) is 5.13. The van der Waals surface area contributed by atoms with Gasteiger partial charge in [-0.2, -0.15) is 0 Å². The number of hydrogen-bond donors (Lipinski definition) is 4. The number of rotatable bonds is 1. The standard InChI is InChI=1S/C3H10N4/c1-2(7-6)3(4)5/h7H,4-6H2,1H3. The Labute approximate surface area is 42.3 Å². The quantitative estimate of drug-likeness (QED) is 0.241. The second kappa shape index (κ2) is 2.30. The predicted octanol–water partition coefficient (Wildman–Crippen LogP) is -1.44. The Hall–Kier alpha value is -0.900. The van der Waals surface area contributed by atoms with Crippen LogP contribution in [0.3, 0.4) is 0 Å². The molecule has 0 aromatic heterocycles. The Kier molecular flexibility index (Phi) is 2.01. The van der Waals surface area contributed by atoms with Crippen LogP contribution in [-0.2, 0) is 0 Å². The minimum absolute atomic E-state index is 0.225. The molecule has 7 N–H and O–H groups in total. The van der Waals surface area contributed by atoms with Gasteiger partial charge in [-0.25, -0.2) is 0 Å². The van der Waals surface area contributed by atoms with Crippen LogP contribution in [-0.4, -0.2) is 0 Å². The first-order valence-corrected chi connectivity index (χ1v) is 1.87. The summed E-state index contributed by atoms with van der Waals surface area (Å²) in [5, 5.41) is 0. The van der Waals surface area contributed by atoms with E-state index >= 15 is 0 Å². The van der Waals surface area contributed by atoms with Gasteiger partial charge >= 0.3 is 0 Å². The predicted molar refractivity (Wildman–Crippen MR) is 28.4 cm³/mol. The highest BCUT2D eigenvalue weighted by molar-refractivity contribution is 4.99. The van der Waals surface area contributed by atoms with Gasteiger partial charge in [0.05, 0.1) is 5.70 Å². The summed E-state index contributed by atoms with van der Waals surface area (Å²) in [5.41, 5.74) is 13.0. The summed E-state index contributed by atoms with van der Waals surface area (Å²) < 4.78 is 0. The van der Waals surface area contributed by atoms with Crippen LogP contribution < -0.4 is 22.7 Å². The van der Waals surface area contributed by atoms with Crippen molar-refractivity contribution in [2.75, 3.05) is 0 Å². The molecule has 0 atom stereocenters. The van der Waals surface area contributed by atoms with Crippen LogP contribution >= 0.6 is 0 Å². The van der Waals surface area contributed by atoms with Crippen molar-refractivity contribution in [3.05, 3.63) is 11.5 Å². The Bertz CT molecular complexity index is 80.9. The third-order valence-corrected chi connectivity index (χ3v) is 0.650. The van der Waals surface area contributed by atoms with E-state index in [2.05, 4.69) is 5.43 Å². The third kappa shape index (κ3) is 1.88. The first kappa shape index (κ1) is 6.10. The maximum Gasteiger partial charge on any atom is 0.114 e. The monoisotopic (exact) mass is 102 g/mol. The van der Waals surface area contributed by atoms with Crippen molar-refractivity contribution in [3.8, 4) is 0 Å². The molecule has 0 aliphatic carbocycles. The average molecular weight is 102 g/mol. The zero-order chi connectivity index (χ0) is 5.86. The number of nitrogens with two attached hydrogens (primary N) is 3. The lowest BCUT2D eigenvalue weighted by atomic mass is 10.5. The van der Waals surface area contributed by atoms with Gasteiger partial charge in [-0.1, -0.05) is 0 Å². The van der Waals surface area contributed by atoms with Gasteiger partial charge in [-0.3, -0.25) is 5.84 Å². The molecular weight excluding hydrogens is 92.1 g/mol. The number of hydrazine groups is 1. The van der Waals surface area contributed by atoms with E-state index < -0.39 is 0 Å². The van der Waals surface area contributed by atoms with E-state index in [9.17, 15) is 0 Å². The fourth-order valence-corrected chi connectivity index (χ4v) is 0.0833. The van der Waals surface area contributed by atoms with Crippen LogP contribution in [0.25, 0.3) is 0 Å². The van der Waals surface area contributed by atoms with E-state index in [4.69, 9.17) is 17.3 Å². The lowest BCUT2D eigenvalue weighted by Gasteiger charge is -1.98. The van der Waals surface area contributed by atoms with Crippen molar-refractivity contribution in [2.45, 2.75) is 6.92 Å². The molecule has 0 amide bonds. The summed E-state index contributed by atoms with van der Waals surface area (Å²) in [6.45, 7) is 1.69. The van der Waals surface area contributed by atoms with E-state index in [-0.39, 0.29) is 5.82 Å². The van der Waals surface area contributed by atoms with Crippen molar-refractivity contribution >= 4 is 0 Å². The second-order valence-electron chi connectivity index (χ2n) is 1.22. The molecular formula is C3H10N4. The van der Waals surface area contributed by atoms with Crippen molar-refractivity contribution in [1.82, 2.24) is 5.43 Å². The molecule has 0 spiro atoms. The summed E-state index contributed by atoms with van der Waals surface area (Å²) in [4.78, 5) is 0. The van der Waals surface area contributed by atoms with E-state index in [0.717, 1.165) is 0 Å². The maximum atomic E-state index is 5.06. The van der Waals surface area contributed by atoms with Crippen molar-refractivity contribution in [2.24, 2.45) is 17.3 Å².